The van der Waals surface area contributed by atoms with E-state index in [2.05, 4.69) is 9.62 Å². The van der Waals surface area contributed by atoms with E-state index in [1.165, 1.54) is 56.3 Å². The van der Waals surface area contributed by atoms with Crippen molar-refractivity contribution < 1.29 is 22.9 Å². The summed E-state index contributed by atoms with van der Waals surface area (Å²) < 4.78 is 33.1. The Morgan fingerprint density at radius 1 is 1.12 bits per heavy atom. The molecular formula is C22H26N4O6S. The van der Waals surface area contributed by atoms with E-state index in [0.29, 0.717) is 18.7 Å². The van der Waals surface area contributed by atoms with Crippen molar-refractivity contribution in [1.29, 1.82) is 0 Å². The molecule has 1 aliphatic heterocycles. The van der Waals surface area contributed by atoms with Gasteiger partial charge in [-0.3, -0.25) is 24.5 Å². The predicted molar refractivity (Wildman–Crippen MR) is 122 cm³/mol. The molecule has 2 aromatic carbocycles. The quantitative estimate of drug-likeness (QED) is 0.461. The number of methoxy groups -OCH3 is 1. The number of amides is 1. The Labute approximate surface area is 192 Å². The monoisotopic (exact) mass is 474 g/mol. The summed E-state index contributed by atoms with van der Waals surface area (Å²) in [4.78, 5) is 27.4. The number of sulfonamides is 1. The molecular weight excluding hydrogens is 448 g/mol. The first-order valence-corrected chi connectivity index (χ1v) is 12.2. The highest BCUT2D eigenvalue weighted by Gasteiger charge is 2.28. The third-order valence-corrected chi connectivity index (χ3v) is 7.30. The first-order chi connectivity index (χ1) is 15.8. The normalized spacial score (nSPS) is 16.9. The average molecular weight is 475 g/mol. The van der Waals surface area contributed by atoms with E-state index >= 15 is 0 Å². The van der Waals surface area contributed by atoms with Crippen molar-refractivity contribution in [1.82, 2.24) is 9.80 Å². The first kappa shape index (κ1) is 23.0. The minimum atomic E-state index is -4.05. The van der Waals surface area contributed by atoms with Crippen molar-refractivity contribution in [3.05, 3.63) is 58.1 Å². The Morgan fingerprint density at radius 3 is 2.36 bits per heavy atom. The minimum absolute atomic E-state index is 0.0454. The largest absolute Gasteiger partial charge is 0.495 e. The van der Waals surface area contributed by atoms with Gasteiger partial charge in [-0.05, 0) is 49.1 Å². The van der Waals surface area contributed by atoms with Gasteiger partial charge in [-0.25, -0.2) is 8.42 Å². The number of hydrogen-bond acceptors (Lipinski definition) is 7. The third kappa shape index (κ3) is 5.42. The summed E-state index contributed by atoms with van der Waals surface area (Å²) >= 11 is 0. The molecule has 1 amide bonds. The van der Waals surface area contributed by atoms with Gasteiger partial charge in [-0.15, -0.1) is 0 Å². The van der Waals surface area contributed by atoms with Crippen LogP contribution in [0.2, 0.25) is 0 Å². The van der Waals surface area contributed by atoms with Crippen LogP contribution in [0.5, 0.6) is 5.75 Å². The molecule has 33 heavy (non-hydrogen) atoms. The van der Waals surface area contributed by atoms with Gasteiger partial charge in [0.2, 0.25) is 0 Å². The Balaban J connectivity index is 1.43. The number of nitro groups is 1. The van der Waals surface area contributed by atoms with E-state index in [-0.39, 0.29) is 27.9 Å². The molecule has 0 spiro atoms. The second kappa shape index (κ2) is 9.36. The maximum absolute atomic E-state index is 12.8. The van der Waals surface area contributed by atoms with Crippen molar-refractivity contribution in [2.75, 3.05) is 44.6 Å². The lowest BCUT2D eigenvalue weighted by atomic mass is 10.2. The topological polar surface area (TPSA) is 122 Å². The Hall–Kier alpha value is -3.18. The van der Waals surface area contributed by atoms with Crippen LogP contribution in [0, 0.1) is 16.0 Å². The molecule has 1 aliphatic carbocycles. The second-order valence-electron chi connectivity index (χ2n) is 8.31. The zero-order chi connectivity index (χ0) is 23.6. The fourth-order valence-corrected chi connectivity index (χ4v) is 4.91. The number of nitrogens with zero attached hydrogens (tertiary/aromatic N) is 3. The molecule has 11 heteroatoms. The molecule has 2 aliphatic rings. The summed E-state index contributed by atoms with van der Waals surface area (Å²) in [5.74, 6) is 0.840. The summed E-state index contributed by atoms with van der Waals surface area (Å²) in [6.07, 6.45) is 2.61. The van der Waals surface area contributed by atoms with Crippen molar-refractivity contribution in [2.24, 2.45) is 5.92 Å². The lowest BCUT2D eigenvalue weighted by molar-refractivity contribution is -0.384. The maximum Gasteiger partial charge on any atom is 0.271 e. The standard InChI is InChI=1S/C22H26N4O6S/c1-32-21-9-6-18(26(28)29)14-20(21)23-33(30,31)19-7-4-17(5-8-19)22(27)25-12-10-24(11-13-25)15-16-2-3-16/h4-9,14,16,23H,2-3,10-13,15H2,1H3. The van der Waals surface area contributed by atoms with E-state index in [9.17, 15) is 23.3 Å². The molecule has 1 saturated carbocycles. The molecule has 0 bridgehead atoms. The number of nitro benzene ring substituents is 1. The van der Waals surface area contributed by atoms with E-state index in [0.717, 1.165) is 31.6 Å². The van der Waals surface area contributed by atoms with E-state index in [1.807, 2.05) is 0 Å². The Kier molecular flexibility index (Phi) is 6.52. The summed E-state index contributed by atoms with van der Waals surface area (Å²) in [6.45, 7) is 4.11. The van der Waals surface area contributed by atoms with Crippen molar-refractivity contribution in [2.45, 2.75) is 17.7 Å². The molecule has 2 fully saturated rings. The number of carbonyl (C=O) groups excluding carboxylic acids is 1. The maximum atomic E-state index is 12.8. The number of benzene rings is 2. The van der Waals surface area contributed by atoms with E-state index < -0.39 is 14.9 Å². The highest BCUT2D eigenvalue weighted by Crippen LogP contribution is 2.31. The summed E-state index contributed by atoms with van der Waals surface area (Å²) in [6, 6.07) is 9.31. The SMILES string of the molecule is COc1ccc([N+](=O)[O-])cc1NS(=O)(=O)c1ccc(C(=O)N2CCN(CC3CC3)CC2)cc1. The van der Waals surface area contributed by atoms with Gasteiger partial charge in [0.1, 0.15) is 5.75 Å². The van der Waals surface area contributed by atoms with Crippen LogP contribution in [0.4, 0.5) is 11.4 Å². The average Bonchev–Trinajstić information content (AvgIpc) is 3.63. The zero-order valence-corrected chi connectivity index (χ0v) is 19.1. The number of rotatable bonds is 8. The van der Waals surface area contributed by atoms with Crippen molar-refractivity contribution in [3.8, 4) is 5.75 Å². The Morgan fingerprint density at radius 2 is 1.79 bits per heavy atom. The molecule has 176 valence electrons. The van der Waals surface area contributed by atoms with Crippen LogP contribution in [-0.2, 0) is 10.0 Å². The van der Waals surface area contributed by atoms with E-state index in [4.69, 9.17) is 4.74 Å². The number of nitrogens with one attached hydrogen (secondary N) is 1. The molecule has 0 unspecified atom stereocenters. The first-order valence-electron chi connectivity index (χ1n) is 10.7. The molecule has 1 N–H and O–H groups in total. The van der Waals surface area contributed by atoms with Crippen LogP contribution < -0.4 is 9.46 Å². The molecule has 4 rings (SSSR count). The molecule has 2 aromatic rings. The molecule has 10 nitrogen and oxygen atoms in total. The van der Waals surface area contributed by atoms with Gasteiger partial charge < -0.3 is 9.64 Å². The van der Waals surface area contributed by atoms with Crippen LogP contribution in [0.25, 0.3) is 0 Å². The van der Waals surface area contributed by atoms with Crippen LogP contribution in [0.15, 0.2) is 47.4 Å². The fraction of sp³-hybridized carbons (Fsp3) is 0.409. The summed E-state index contributed by atoms with van der Waals surface area (Å²) in [5.41, 5.74) is 0.0973. The van der Waals surface area contributed by atoms with Crippen LogP contribution in [0.1, 0.15) is 23.2 Å². The lowest BCUT2D eigenvalue weighted by Gasteiger charge is -2.34. The lowest BCUT2D eigenvalue weighted by Crippen LogP contribution is -2.49. The molecule has 0 radical (unpaired) electrons. The fourth-order valence-electron chi connectivity index (χ4n) is 3.85. The van der Waals surface area contributed by atoms with Gasteiger partial charge >= 0.3 is 0 Å². The summed E-state index contributed by atoms with van der Waals surface area (Å²) in [7, 11) is -2.71. The molecule has 0 atom stereocenters. The second-order valence-corrected chi connectivity index (χ2v) is 9.99. The highest BCUT2D eigenvalue weighted by molar-refractivity contribution is 7.92. The molecule has 1 saturated heterocycles. The van der Waals surface area contributed by atoms with Gasteiger partial charge in [0.25, 0.3) is 21.6 Å². The zero-order valence-electron chi connectivity index (χ0n) is 18.3. The van der Waals surface area contributed by atoms with Gasteiger partial charge in [-0.1, -0.05) is 0 Å². The highest BCUT2D eigenvalue weighted by atomic mass is 32.2. The molecule has 1 heterocycles. The summed E-state index contributed by atoms with van der Waals surface area (Å²) in [5, 5.41) is 11.0. The predicted octanol–water partition coefficient (Wildman–Crippen LogP) is 2.57. The van der Waals surface area contributed by atoms with Crippen molar-refractivity contribution in [3.63, 3.8) is 0 Å². The van der Waals surface area contributed by atoms with Crippen LogP contribution in [0.3, 0.4) is 0 Å². The minimum Gasteiger partial charge on any atom is -0.495 e. The smallest absolute Gasteiger partial charge is 0.271 e. The number of non-ortho nitro benzene ring substituents is 1. The van der Waals surface area contributed by atoms with Crippen molar-refractivity contribution >= 4 is 27.3 Å². The van der Waals surface area contributed by atoms with Gasteiger partial charge in [-0.2, -0.15) is 0 Å². The number of carbonyl (C=O) groups is 1. The molecule has 0 aromatic heterocycles. The third-order valence-electron chi connectivity index (χ3n) is 5.92. The number of anilines is 1. The number of ether oxygens (including phenoxy) is 1. The van der Waals surface area contributed by atoms with Gasteiger partial charge in [0.15, 0.2) is 0 Å². The Bertz CT molecular complexity index is 1140. The van der Waals surface area contributed by atoms with Crippen LogP contribution >= 0.6 is 0 Å². The van der Waals surface area contributed by atoms with Gasteiger partial charge in [0, 0.05) is 50.4 Å². The van der Waals surface area contributed by atoms with Crippen LogP contribution in [-0.4, -0.2) is 68.9 Å². The number of piperazine rings is 1. The van der Waals surface area contributed by atoms with Gasteiger partial charge in [0.05, 0.1) is 22.6 Å². The van der Waals surface area contributed by atoms with E-state index in [1.54, 1.807) is 4.90 Å². The number of hydrogen-bond donors (Lipinski definition) is 1.